The van der Waals surface area contributed by atoms with Crippen molar-refractivity contribution in [3.63, 3.8) is 0 Å². The molecule has 0 aliphatic rings. The molecule has 0 saturated carbocycles. The van der Waals surface area contributed by atoms with E-state index in [1.165, 1.54) is 0 Å². The van der Waals surface area contributed by atoms with E-state index in [1.807, 2.05) is 28.7 Å². The van der Waals surface area contributed by atoms with Crippen LogP contribution in [0.15, 0.2) is 18.2 Å². The number of carbonyl (C=O) groups is 1. The molecule has 0 fully saturated rings. The van der Waals surface area contributed by atoms with E-state index in [1.54, 1.807) is 18.2 Å². The molecule has 5 heteroatoms. The number of aliphatic carboxylic acids is 1. The maximum Gasteiger partial charge on any atom is 0.337 e. The van der Waals surface area contributed by atoms with E-state index in [0.717, 1.165) is 5.56 Å². The van der Waals surface area contributed by atoms with Gasteiger partial charge in [0.05, 0.1) is 6.07 Å². The van der Waals surface area contributed by atoms with Crippen LogP contribution in [0.1, 0.15) is 23.7 Å². The minimum absolute atomic E-state index is 0.383. The fraction of sp³-hybridized carbons (Fsp3) is 0.273. The SMILES string of the molecule is N#CCCc1ccc(C(O)C(=O)O)c(I)c1. The standard InChI is InChI=1S/C11H10INO3/c12-9-6-7(2-1-5-13)3-4-8(9)10(14)11(15)16/h3-4,6,10,14H,1-2H2,(H,15,16). The molecule has 0 aliphatic heterocycles. The third-order valence-corrected chi connectivity index (χ3v) is 3.05. The Morgan fingerprint density at radius 3 is 2.75 bits per heavy atom. The van der Waals surface area contributed by atoms with Crippen molar-refractivity contribution in [2.45, 2.75) is 18.9 Å². The summed E-state index contributed by atoms with van der Waals surface area (Å²) in [5, 5.41) is 26.5. The quantitative estimate of drug-likeness (QED) is 0.826. The molecular formula is C11H10INO3. The molecule has 0 spiro atoms. The molecule has 0 radical (unpaired) electrons. The summed E-state index contributed by atoms with van der Waals surface area (Å²) < 4.78 is 0.697. The molecule has 16 heavy (non-hydrogen) atoms. The van der Waals surface area contributed by atoms with Crippen LogP contribution in [0.5, 0.6) is 0 Å². The largest absolute Gasteiger partial charge is 0.479 e. The van der Waals surface area contributed by atoms with Gasteiger partial charge in [-0.15, -0.1) is 0 Å². The number of aliphatic hydroxyl groups excluding tert-OH is 1. The summed E-state index contributed by atoms with van der Waals surface area (Å²) in [5.41, 5.74) is 1.35. The third-order valence-electron chi connectivity index (χ3n) is 2.12. The third kappa shape index (κ3) is 3.18. The lowest BCUT2D eigenvalue weighted by molar-refractivity contribution is -0.147. The van der Waals surface area contributed by atoms with Gasteiger partial charge in [0, 0.05) is 15.6 Å². The topological polar surface area (TPSA) is 81.3 Å². The zero-order chi connectivity index (χ0) is 12.1. The molecule has 0 bridgehead atoms. The summed E-state index contributed by atoms with van der Waals surface area (Å²) in [6.45, 7) is 0. The van der Waals surface area contributed by atoms with Gasteiger partial charge in [-0.25, -0.2) is 4.79 Å². The predicted molar refractivity (Wildman–Crippen MR) is 65.7 cm³/mol. The summed E-state index contributed by atoms with van der Waals surface area (Å²) in [4.78, 5) is 10.6. The molecular weight excluding hydrogens is 321 g/mol. The minimum Gasteiger partial charge on any atom is -0.479 e. The molecule has 0 amide bonds. The zero-order valence-electron chi connectivity index (χ0n) is 8.35. The molecule has 1 rings (SSSR count). The van der Waals surface area contributed by atoms with Gasteiger partial charge in [-0.2, -0.15) is 5.26 Å². The van der Waals surface area contributed by atoms with E-state index in [2.05, 4.69) is 0 Å². The number of aliphatic hydroxyl groups is 1. The number of hydrogen-bond donors (Lipinski definition) is 2. The van der Waals surface area contributed by atoms with Crippen LogP contribution >= 0.6 is 22.6 Å². The maximum atomic E-state index is 10.6. The molecule has 0 aromatic heterocycles. The van der Waals surface area contributed by atoms with E-state index in [0.29, 0.717) is 22.0 Å². The van der Waals surface area contributed by atoms with Crippen LogP contribution in [0.4, 0.5) is 0 Å². The minimum atomic E-state index is -1.49. The van der Waals surface area contributed by atoms with Crippen molar-refractivity contribution in [1.29, 1.82) is 5.26 Å². The van der Waals surface area contributed by atoms with Gasteiger partial charge in [-0.05, 0) is 40.6 Å². The van der Waals surface area contributed by atoms with Crippen LogP contribution in [-0.4, -0.2) is 16.2 Å². The maximum absolute atomic E-state index is 10.6. The number of aryl methyl sites for hydroxylation is 1. The predicted octanol–water partition coefficient (Wildman–Crippen LogP) is 1.87. The molecule has 4 nitrogen and oxygen atoms in total. The van der Waals surface area contributed by atoms with Crippen LogP contribution in [0, 0.1) is 14.9 Å². The van der Waals surface area contributed by atoms with E-state index in [-0.39, 0.29) is 0 Å². The Balaban J connectivity index is 2.92. The molecule has 1 atom stereocenters. The Bertz CT molecular complexity index is 439. The number of carboxylic acid groups (broad SMARTS) is 1. The van der Waals surface area contributed by atoms with Crippen molar-refractivity contribution in [2.24, 2.45) is 0 Å². The first kappa shape index (κ1) is 12.9. The lowest BCUT2D eigenvalue weighted by Gasteiger charge is -2.09. The highest BCUT2D eigenvalue weighted by Gasteiger charge is 2.18. The monoisotopic (exact) mass is 331 g/mol. The highest BCUT2D eigenvalue weighted by molar-refractivity contribution is 14.1. The first-order valence-corrected chi connectivity index (χ1v) is 5.70. The van der Waals surface area contributed by atoms with Crippen molar-refractivity contribution >= 4 is 28.6 Å². The van der Waals surface area contributed by atoms with E-state index < -0.39 is 12.1 Å². The average Bonchev–Trinajstić information content (AvgIpc) is 2.25. The molecule has 0 aliphatic carbocycles. The highest BCUT2D eigenvalue weighted by atomic mass is 127. The van der Waals surface area contributed by atoms with Gasteiger partial charge in [-0.1, -0.05) is 12.1 Å². The van der Waals surface area contributed by atoms with E-state index in [4.69, 9.17) is 10.4 Å². The Morgan fingerprint density at radius 1 is 1.56 bits per heavy atom. The smallest absolute Gasteiger partial charge is 0.337 e. The molecule has 0 heterocycles. The second kappa shape index (κ2) is 5.82. The number of nitrogens with zero attached hydrogens (tertiary/aromatic N) is 1. The summed E-state index contributed by atoms with van der Waals surface area (Å²) in [6.07, 6.45) is -0.427. The summed E-state index contributed by atoms with van der Waals surface area (Å²) in [6, 6.07) is 7.16. The Hall–Kier alpha value is -1.13. The highest BCUT2D eigenvalue weighted by Crippen LogP contribution is 2.22. The van der Waals surface area contributed by atoms with Crippen LogP contribution in [0.2, 0.25) is 0 Å². The van der Waals surface area contributed by atoms with Gasteiger partial charge in [0.1, 0.15) is 0 Å². The number of halogens is 1. The van der Waals surface area contributed by atoms with Crippen LogP contribution in [-0.2, 0) is 11.2 Å². The zero-order valence-corrected chi connectivity index (χ0v) is 10.5. The Kier molecular flexibility index (Phi) is 4.71. The lowest BCUT2D eigenvalue weighted by Crippen LogP contribution is -2.12. The van der Waals surface area contributed by atoms with Crippen LogP contribution in [0.3, 0.4) is 0 Å². The van der Waals surface area contributed by atoms with Crippen molar-refractivity contribution < 1.29 is 15.0 Å². The molecule has 1 unspecified atom stereocenters. The molecule has 84 valence electrons. The first-order valence-electron chi connectivity index (χ1n) is 4.62. The van der Waals surface area contributed by atoms with Crippen molar-refractivity contribution in [2.75, 3.05) is 0 Å². The van der Waals surface area contributed by atoms with Gasteiger partial charge < -0.3 is 10.2 Å². The van der Waals surface area contributed by atoms with Gasteiger partial charge in [0.25, 0.3) is 0 Å². The fourth-order valence-corrected chi connectivity index (χ4v) is 2.16. The normalized spacial score (nSPS) is 11.8. The first-order chi connectivity index (χ1) is 7.56. The second-order valence-corrected chi connectivity index (χ2v) is 4.42. The summed E-state index contributed by atoms with van der Waals surface area (Å²) in [5.74, 6) is -1.26. The van der Waals surface area contributed by atoms with Crippen molar-refractivity contribution in [3.05, 3.63) is 32.9 Å². The lowest BCUT2D eigenvalue weighted by atomic mass is 10.0. The van der Waals surface area contributed by atoms with Crippen LogP contribution < -0.4 is 0 Å². The fourth-order valence-electron chi connectivity index (χ4n) is 1.28. The molecule has 0 saturated heterocycles. The summed E-state index contributed by atoms with van der Waals surface area (Å²) in [7, 11) is 0. The molecule has 2 N–H and O–H groups in total. The van der Waals surface area contributed by atoms with E-state index in [9.17, 15) is 9.90 Å². The number of nitriles is 1. The average molecular weight is 331 g/mol. The number of rotatable bonds is 4. The van der Waals surface area contributed by atoms with Gasteiger partial charge in [0.15, 0.2) is 6.10 Å². The van der Waals surface area contributed by atoms with Crippen molar-refractivity contribution in [3.8, 4) is 6.07 Å². The number of benzene rings is 1. The van der Waals surface area contributed by atoms with Gasteiger partial charge in [0.2, 0.25) is 0 Å². The number of hydrogen-bond acceptors (Lipinski definition) is 3. The second-order valence-electron chi connectivity index (χ2n) is 3.25. The Morgan fingerprint density at radius 2 is 2.25 bits per heavy atom. The number of carboxylic acids is 1. The van der Waals surface area contributed by atoms with Gasteiger partial charge >= 0.3 is 5.97 Å². The van der Waals surface area contributed by atoms with E-state index >= 15 is 0 Å². The van der Waals surface area contributed by atoms with Crippen LogP contribution in [0.25, 0.3) is 0 Å². The Labute approximate surface area is 107 Å². The van der Waals surface area contributed by atoms with Crippen molar-refractivity contribution in [1.82, 2.24) is 0 Å². The summed E-state index contributed by atoms with van der Waals surface area (Å²) >= 11 is 1.98. The van der Waals surface area contributed by atoms with Gasteiger partial charge in [-0.3, -0.25) is 0 Å². The molecule has 1 aromatic rings. The molecule has 1 aromatic carbocycles.